The van der Waals surface area contributed by atoms with E-state index in [1.165, 1.54) is 32.1 Å². The van der Waals surface area contributed by atoms with Crippen LogP contribution in [0.5, 0.6) is 0 Å². The van der Waals surface area contributed by atoms with E-state index in [1.807, 2.05) is 19.9 Å². The van der Waals surface area contributed by atoms with Gasteiger partial charge in [-0.1, -0.05) is 19.3 Å². The fraction of sp³-hybridized carbons (Fsp3) is 0.737. The van der Waals surface area contributed by atoms with Crippen LogP contribution in [0.15, 0.2) is 6.07 Å². The van der Waals surface area contributed by atoms with Gasteiger partial charge < -0.3 is 19.7 Å². The summed E-state index contributed by atoms with van der Waals surface area (Å²) in [4.78, 5) is 12.8. The SMILES string of the molecule is COCC(C)(CCO)NC(=O)c1cc(C)n(C2CCCCC2)c1C. The van der Waals surface area contributed by atoms with E-state index in [9.17, 15) is 9.90 Å². The molecule has 1 aromatic heterocycles. The molecule has 136 valence electrons. The molecule has 0 saturated heterocycles. The second-order valence-corrected chi connectivity index (χ2v) is 7.37. The molecule has 1 aliphatic rings. The molecule has 0 radical (unpaired) electrons. The number of amides is 1. The number of nitrogens with zero attached hydrogens (tertiary/aromatic N) is 1. The van der Waals surface area contributed by atoms with Crippen LogP contribution in [-0.4, -0.2) is 41.4 Å². The summed E-state index contributed by atoms with van der Waals surface area (Å²) in [6.07, 6.45) is 6.72. The number of aryl methyl sites for hydroxylation is 1. The normalized spacial score (nSPS) is 18.4. The average molecular weight is 336 g/mol. The van der Waals surface area contributed by atoms with Crippen LogP contribution in [0, 0.1) is 13.8 Å². The van der Waals surface area contributed by atoms with Gasteiger partial charge >= 0.3 is 0 Å². The van der Waals surface area contributed by atoms with Crippen molar-refractivity contribution in [3.8, 4) is 0 Å². The quantitative estimate of drug-likeness (QED) is 0.804. The van der Waals surface area contributed by atoms with Crippen LogP contribution >= 0.6 is 0 Å². The van der Waals surface area contributed by atoms with Crippen LogP contribution in [0.2, 0.25) is 0 Å². The van der Waals surface area contributed by atoms with Crippen LogP contribution in [0.25, 0.3) is 0 Å². The Morgan fingerprint density at radius 2 is 2.04 bits per heavy atom. The highest BCUT2D eigenvalue weighted by Gasteiger charge is 2.29. The maximum atomic E-state index is 12.8. The summed E-state index contributed by atoms with van der Waals surface area (Å²) >= 11 is 0. The molecule has 1 heterocycles. The molecule has 1 unspecified atom stereocenters. The number of hydrogen-bond donors (Lipinski definition) is 2. The highest BCUT2D eigenvalue weighted by molar-refractivity contribution is 5.96. The van der Waals surface area contributed by atoms with E-state index >= 15 is 0 Å². The molecule has 1 aromatic rings. The zero-order valence-corrected chi connectivity index (χ0v) is 15.5. The maximum absolute atomic E-state index is 12.8. The van der Waals surface area contributed by atoms with E-state index in [2.05, 4.69) is 16.8 Å². The fourth-order valence-corrected chi connectivity index (χ4v) is 3.99. The van der Waals surface area contributed by atoms with Crippen LogP contribution < -0.4 is 5.32 Å². The number of aromatic nitrogens is 1. The molecule has 0 spiro atoms. The predicted octanol–water partition coefficient (Wildman–Crippen LogP) is 3.13. The van der Waals surface area contributed by atoms with Crippen LogP contribution in [0.4, 0.5) is 0 Å². The van der Waals surface area contributed by atoms with Crippen molar-refractivity contribution >= 4 is 5.91 Å². The summed E-state index contributed by atoms with van der Waals surface area (Å²) in [7, 11) is 1.61. The number of hydrogen-bond acceptors (Lipinski definition) is 3. The van der Waals surface area contributed by atoms with Crippen molar-refractivity contribution in [3.63, 3.8) is 0 Å². The molecular formula is C19H32N2O3. The van der Waals surface area contributed by atoms with E-state index in [4.69, 9.17) is 4.74 Å². The minimum Gasteiger partial charge on any atom is -0.396 e. The highest BCUT2D eigenvalue weighted by atomic mass is 16.5. The van der Waals surface area contributed by atoms with Gasteiger partial charge in [-0.05, 0) is 46.1 Å². The largest absolute Gasteiger partial charge is 0.396 e. The van der Waals surface area contributed by atoms with Gasteiger partial charge in [-0.15, -0.1) is 0 Å². The van der Waals surface area contributed by atoms with Crippen LogP contribution in [-0.2, 0) is 4.74 Å². The Balaban J connectivity index is 2.20. The van der Waals surface area contributed by atoms with E-state index < -0.39 is 5.54 Å². The minimum absolute atomic E-state index is 0.0151. The lowest BCUT2D eigenvalue weighted by atomic mass is 9.95. The first-order valence-corrected chi connectivity index (χ1v) is 9.02. The van der Waals surface area contributed by atoms with E-state index in [0.29, 0.717) is 19.1 Å². The van der Waals surface area contributed by atoms with Crippen molar-refractivity contribution in [2.24, 2.45) is 0 Å². The van der Waals surface area contributed by atoms with Gasteiger partial charge in [0.1, 0.15) is 0 Å². The summed E-state index contributed by atoms with van der Waals surface area (Å²) in [6.45, 7) is 6.42. The lowest BCUT2D eigenvalue weighted by molar-refractivity contribution is 0.0725. The Morgan fingerprint density at radius 3 is 2.62 bits per heavy atom. The Labute approximate surface area is 145 Å². The molecule has 0 aliphatic heterocycles. The third-order valence-corrected chi connectivity index (χ3v) is 5.21. The molecule has 1 amide bonds. The summed E-state index contributed by atoms with van der Waals surface area (Å²) in [5, 5.41) is 12.3. The molecular weight excluding hydrogens is 304 g/mol. The van der Waals surface area contributed by atoms with Crippen molar-refractivity contribution in [2.45, 2.75) is 70.9 Å². The number of aliphatic hydroxyl groups excluding tert-OH is 1. The molecule has 1 saturated carbocycles. The zero-order valence-electron chi connectivity index (χ0n) is 15.5. The number of carbonyl (C=O) groups is 1. The third-order valence-electron chi connectivity index (χ3n) is 5.21. The molecule has 1 aliphatic carbocycles. The third kappa shape index (κ3) is 4.19. The van der Waals surface area contributed by atoms with Gasteiger partial charge in [0.25, 0.3) is 5.91 Å². The Kier molecular flexibility index (Phi) is 6.47. The van der Waals surface area contributed by atoms with Gasteiger partial charge in [-0.3, -0.25) is 4.79 Å². The predicted molar refractivity (Wildman–Crippen MR) is 95.5 cm³/mol. The summed E-state index contributed by atoms with van der Waals surface area (Å²) in [5.74, 6) is -0.0850. The molecule has 2 N–H and O–H groups in total. The molecule has 1 fully saturated rings. The standard InChI is InChI=1S/C19H32N2O3/c1-14-12-17(15(2)21(14)16-8-6-5-7-9-16)18(23)20-19(3,10-11-22)13-24-4/h12,16,22H,5-11,13H2,1-4H3,(H,20,23). The smallest absolute Gasteiger partial charge is 0.253 e. The Hall–Kier alpha value is -1.33. The number of nitrogens with one attached hydrogen (secondary N) is 1. The average Bonchev–Trinajstić information content (AvgIpc) is 2.83. The summed E-state index contributed by atoms with van der Waals surface area (Å²) in [5.41, 5.74) is 2.37. The number of methoxy groups -OCH3 is 1. The maximum Gasteiger partial charge on any atom is 0.253 e. The molecule has 2 rings (SSSR count). The van der Waals surface area contributed by atoms with Gasteiger partial charge in [0.2, 0.25) is 0 Å². The second-order valence-electron chi connectivity index (χ2n) is 7.37. The molecule has 5 nitrogen and oxygen atoms in total. The van der Waals surface area contributed by atoms with Crippen molar-refractivity contribution in [2.75, 3.05) is 20.3 Å². The lowest BCUT2D eigenvalue weighted by Crippen LogP contribution is -2.50. The first-order chi connectivity index (χ1) is 11.4. The van der Waals surface area contributed by atoms with Gasteiger partial charge in [0, 0.05) is 31.1 Å². The molecule has 24 heavy (non-hydrogen) atoms. The summed E-state index contributed by atoms with van der Waals surface area (Å²) < 4.78 is 7.56. The number of aliphatic hydroxyl groups is 1. The van der Waals surface area contributed by atoms with Gasteiger partial charge in [-0.25, -0.2) is 0 Å². The van der Waals surface area contributed by atoms with E-state index in [1.54, 1.807) is 7.11 Å². The molecule has 0 aromatic carbocycles. The number of carbonyl (C=O) groups excluding carboxylic acids is 1. The van der Waals surface area contributed by atoms with Crippen molar-refractivity contribution in [1.29, 1.82) is 0 Å². The topological polar surface area (TPSA) is 63.5 Å². The Morgan fingerprint density at radius 1 is 1.38 bits per heavy atom. The van der Waals surface area contributed by atoms with E-state index in [-0.39, 0.29) is 12.5 Å². The lowest BCUT2D eigenvalue weighted by Gasteiger charge is -2.29. The zero-order chi connectivity index (χ0) is 17.7. The van der Waals surface area contributed by atoms with E-state index in [0.717, 1.165) is 17.0 Å². The number of ether oxygens (including phenoxy) is 1. The number of rotatable bonds is 7. The monoisotopic (exact) mass is 336 g/mol. The molecule has 1 atom stereocenters. The van der Waals surface area contributed by atoms with Crippen molar-refractivity contribution < 1.29 is 14.6 Å². The van der Waals surface area contributed by atoms with Crippen molar-refractivity contribution in [1.82, 2.24) is 9.88 Å². The first kappa shape index (κ1) is 19.0. The fourth-order valence-electron chi connectivity index (χ4n) is 3.99. The van der Waals surface area contributed by atoms with Gasteiger partial charge in [0.15, 0.2) is 0 Å². The van der Waals surface area contributed by atoms with Crippen LogP contribution in [0.1, 0.15) is 73.2 Å². The second kappa shape index (κ2) is 8.17. The first-order valence-electron chi connectivity index (χ1n) is 9.02. The minimum atomic E-state index is -0.562. The Bertz CT molecular complexity index is 553. The highest BCUT2D eigenvalue weighted by Crippen LogP contribution is 2.32. The molecule has 5 heteroatoms. The molecule has 0 bridgehead atoms. The van der Waals surface area contributed by atoms with Crippen molar-refractivity contribution in [3.05, 3.63) is 23.0 Å². The van der Waals surface area contributed by atoms with Crippen LogP contribution in [0.3, 0.4) is 0 Å². The van der Waals surface area contributed by atoms with Gasteiger partial charge in [-0.2, -0.15) is 0 Å². The summed E-state index contributed by atoms with van der Waals surface area (Å²) in [6, 6.07) is 2.51. The van der Waals surface area contributed by atoms with Gasteiger partial charge in [0.05, 0.1) is 17.7 Å².